The number of halogens is 1. The third-order valence-electron chi connectivity index (χ3n) is 3.90. The molecular weight excluding hydrogens is 377 g/mol. The van der Waals surface area contributed by atoms with E-state index in [9.17, 15) is 10.2 Å². The van der Waals surface area contributed by atoms with Gasteiger partial charge < -0.3 is 15.9 Å². The van der Waals surface area contributed by atoms with Crippen LogP contribution in [0.15, 0.2) is 24.3 Å². The number of benzene rings is 1. The zero-order valence-electron chi connectivity index (χ0n) is 12.1. The van der Waals surface area contributed by atoms with Gasteiger partial charge in [-0.15, -0.1) is 0 Å². The standard InChI is InChI=1S/C17H22INO2/c18-17(21,11-12-19)15-6-4-5-14(13-15)7-10-16(20)8-2-1-3-9-16/h4-6,13,20-21H,1-3,8-9,11-12,19H2. The highest BCUT2D eigenvalue weighted by atomic mass is 127. The molecule has 0 aliphatic heterocycles. The largest absolute Gasteiger partial charge is 0.378 e. The van der Waals surface area contributed by atoms with Crippen molar-refractivity contribution in [3.63, 3.8) is 0 Å². The van der Waals surface area contributed by atoms with Crippen molar-refractivity contribution in [3.05, 3.63) is 35.4 Å². The van der Waals surface area contributed by atoms with Gasteiger partial charge in [0.25, 0.3) is 0 Å². The van der Waals surface area contributed by atoms with Crippen LogP contribution in [0, 0.1) is 11.8 Å². The molecule has 1 aliphatic rings. The second-order valence-corrected chi connectivity index (χ2v) is 7.51. The van der Waals surface area contributed by atoms with E-state index in [0.29, 0.717) is 13.0 Å². The zero-order chi connectivity index (χ0) is 15.3. The number of hydrogen-bond acceptors (Lipinski definition) is 3. The molecule has 1 saturated carbocycles. The van der Waals surface area contributed by atoms with E-state index in [0.717, 1.165) is 36.8 Å². The van der Waals surface area contributed by atoms with Gasteiger partial charge in [-0.05, 0) is 72.5 Å². The van der Waals surface area contributed by atoms with E-state index in [1.54, 1.807) is 0 Å². The highest BCUT2D eigenvalue weighted by molar-refractivity contribution is 14.1. The number of alkyl halides is 1. The third kappa shape index (κ3) is 4.68. The molecule has 2 rings (SSSR count). The van der Waals surface area contributed by atoms with E-state index in [4.69, 9.17) is 5.73 Å². The van der Waals surface area contributed by atoms with Crippen molar-refractivity contribution in [1.29, 1.82) is 0 Å². The molecule has 0 amide bonds. The van der Waals surface area contributed by atoms with Gasteiger partial charge >= 0.3 is 0 Å². The number of hydrogen-bond donors (Lipinski definition) is 3. The predicted octanol–water partition coefficient (Wildman–Crippen LogP) is 2.66. The summed E-state index contributed by atoms with van der Waals surface area (Å²) in [5.41, 5.74) is 6.32. The first kappa shape index (κ1) is 16.8. The van der Waals surface area contributed by atoms with Crippen molar-refractivity contribution in [3.8, 4) is 11.8 Å². The topological polar surface area (TPSA) is 66.5 Å². The van der Waals surface area contributed by atoms with Crippen LogP contribution in [0.4, 0.5) is 0 Å². The van der Waals surface area contributed by atoms with E-state index in [-0.39, 0.29) is 0 Å². The molecule has 0 spiro atoms. The van der Waals surface area contributed by atoms with E-state index in [2.05, 4.69) is 11.8 Å². The Morgan fingerprint density at radius 3 is 2.67 bits per heavy atom. The first-order valence-corrected chi connectivity index (χ1v) is 8.51. The fourth-order valence-corrected chi connectivity index (χ4v) is 3.27. The molecule has 1 aliphatic carbocycles. The van der Waals surface area contributed by atoms with Gasteiger partial charge in [-0.3, -0.25) is 0 Å². The highest BCUT2D eigenvalue weighted by Gasteiger charge is 2.27. The molecule has 0 heterocycles. The maximum atomic E-state index is 10.4. The number of aliphatic hydroxyl groups is 2. The Balaban J connectivity index is 2.19. The summed E-state index contributed by atoms with van der Waals surface area (Å²) in [5.74, 6) is 6.09. The molecule has 1 fully saturated rings. The van der Waals surface area contributed by atoms with Gasteiger partial charge in [-0.1, -0.05) is 30.4 Å². The lowest BCUT2D eigenvalue weighted by atomic mass is 9.85. The fourth-order valence-electron chi connectivity index (χ4n) is 2.62. The van der Waals surface area contributed by atoms with Crippen LogP contribution in [0.1, 0.15) is 49.7 Å². The summed E-state index contributed by atoms with van der Waals surface area (Å²) >= 11 is 2.01. The minimum atomic E-state index is -0.966. The molecule has 0 saturated heterocycles. The maximum Gasteiger partial charge on any atom is 0.142 e. The van der Waals surface area contributed by atoms with Crippen LogP contribution in [0.3, 0.4) is 0 Å². The molecule has 3 nitrogen and oxygen atoms in total. The summed E-state index contributed by atoms with van der Waals surface area (Å²) in [7, 11) is 0. The van der Waals surface area contributed by atoms with Gasteiger partial charge in [0.15, 0.2) is 0 Å². The van der Waals surface area contributed by atoms with Crippen LogP contribution in [-0.2, 0) is 3.61 Å². The van der Waals surface area contributed by atoms with Gasteiger partial charge in [0.05, 0.1) is 0 Å². The van der Waals surface area contributed by atoms with Crippen LogP contribution < -0.4 is 5.73 Å². The number of nitrogens with two attached hydrogens (primary N) is 1. The smallest absolute Gasteiger partial charge is 0.142 e. The van der Waals surface area contributed by atoms with Crippen LogP contribution in [0.2, 0.25) is 0 Å². The fraction of sp³-hybridized carbons (Fsp3) is 0.529. The predicted molar refractivity (Wildman–Crippen MR) is 92.9 cm³/mol. The molecule has 1 atom stereocenters. The average Bonchev–Trinajstić information content (AvgIpc) is 2.46. The monoisotopic (exact) mass is 399 g/mol. The van der Waals surface area contributed by atoms with E-state index in [1.165, 1.54) is 6.42 Å². The minimum Gasteiger partial charge on any atom is -0.378 e. The average molecular weight is 399 g/mol. The molecule has 0 bridgehead atoms. The van der Waals surface area contributed by atoms with E-state index in [1.807, 2.05) is 46.9 Å². The Labute approximate surface area is 140 Å². The molecule has 1 unspecified atom stereocenters. The molecule has 21 heavy (non-hydrogen) atoms. The van der Waals surface area contributed by atoms with Gasteiger partial charge in [-0.25, -0.2) is 0 Å². The molecule has 0 radical (unpaired) electrons. The molecule has 4 N–H and O–H groups in total. The molecule has 1 aromatic carbocycles. The molecule has 1 aromatic rings. The number of rotatable bonds is 3. The van der Waals surface area contributed by atoms with Crippen LogP contribution in [0.25, 0.3) is 0 Å². The summed E-state index contributed by atoms with van der Waals surface area (Å²) in [6.45, 7) is 0.426. The lowest BCUT2D eigenvalue weighted by molar-refractivity contribution is 0.0610. The second kappa shape index (κ2) is 7.10. The lowest BCUT2D eigenvalue weighted by Crippen LogP contribution is -2.29. The lowest BCUT2D eigenvalue weighted by Gasteiger charge is -2.26. The highest BCUT2D eigenvalue weighted by Crippen LogP contribution is 2.32. The zero-order valence-corrected chi connectivity index (χ0v) is 14.3. The summed E-state index contributed by atoms with van der Waals surface area (Å²) in [4.78, 5) is 0. The Bertz CT molecular complexity index is 539. The first-order chi connectivity index (χ1) is 9.95. The van der Waals surface area contributed by atoms with Crippen LogP contribution in [-0.4, -0.2) is 22.4 Å². The van der Waals surface area contributed by atoms with Crippen LogP contribution in [0.5, 0.6) is 0 Å². The normalized spacial score (nSPS) is 20.2. The summed E-state index contributed by atoms with van der Waals surface area (Å²) < 4.78 is -0.966. The molecular formula is C17H22INO2. The summed E-state index contributed by atoms with van der Waals surface area (Å²) in [6, 6.07) is 7.53. The van der Waals surface area contributed by atoms with Gasteiger partial charge in [0, 0.05) is 12.0 Å². The van der Waals surface area contributed by atoms with Crippen molar-refractivity contribution in [1.82, 2.24) is 0 Å². The van der Waals surface area contributed by atoms with Crippen molar-refractivity contribution >= 4 is 22.6 Å². The van der Waals surface area contributed by atoms with Crippen molar-refractivity contribution in [2.45, 2.75) is 47.7 Å². The van der Waals surface area contributed by atoms with Crippen molar-refractivity contribution < 1.29 is 10.2 Å². The molecule has 4 heteroatoms. The van der Waals surface area contributed by atoms with E-state index >= 15 is 0 Å². The van der Waals surface area contributed by atoms with Crippen molar-refractivity contribution in [2.24, 2.45) is 5.73 Å². The van der Waals surface area contributed by atoms with Crippen LogP contribution >= 0.6 is 22.6 Å². The van der Waals surface area contributed by atoms with Gasteiger partial charge in [0.2, 0.25) is 0 Å². The minimum absolute atomic E-state index is 0.426. The Hall–Kier alpha value is -0.610. The third-order valence-corrected chi connectivity index (χ3v) is 5.06. The molecule has 114 valence electrons. The summed E-state index contributed by atoms with van der Waals surface area (Å²) in [5, 5.41) is 20.8. The van der Waals surface area contributed by atoms with E-state index < -0.39 is 9.21 Å². The van der Waals surface area contributed by atoms with Gasteiger partial charge in [0.1, 0.15) is 9.21 Å². The van der Waals surface area contributed by atoms with Gasteiger partial charge in [-0.2, -0.15) is 0 Å². The summed E-state index contributed by atoms with van der Waals surface area (Å²) in [6.07, 6.45) is 5.26. The Morgan fingerprint density at radius 2 is 2.00 bits per heavy atom. The first-order valence-electron chi connectivity index (χ1n) is 7.43. The molecule has 0 aromatic heterocycles. The quantitative estimate of drug-likeness (QED) is 0.416. The Kier molecular flexibility index (Phi) is 5.67. The second-order valence-electron chi connectivity index (χ2n) is 5.72. The van der Waals surface area contributed by atoms with Crippen molar-refractivity contribution in [2.75, 3.05) is 6.54 Å². The SMILES string of the molecule is NCCC(O)(I)c1cccc(C#CC2(O)CCCCC2)c1. The Morgan fingerprint density at radius 1 is 1.29 bits per heavy atom. The maximum absolute atomic E-state index is 10.4.